The van der Waals surface area contributed by atoms with E-state index in [2.05, 4.69) is 26.6 Å². The molecular formula is C19H34N6O6. The van der Waals surface area contributed by atoms with Gasteiger partial charge >= 0.3 is 0 Å². The number of nitrogens with two attached hydrogens (primary N) is 1. The normalized spacial score (nSPS) is 15.5. The van der Waals surface area contributed by atoms with E-state index in [1.807, 2.05) is 0 Å². The van der Waals surface area contributed by atoms with E-state index in [0.717, 1.165) is 6.92 Å². The van der Waals surface area contributed by atoms with E-state index in [0.29, 0.717) is 6.42 Å². The Morgan fingerprint density at radius 1 is 0.935 bits per heavy atom. The topological polar surface area (TPSA) is 189 Å². The highest BCUT2D eigenvalue weighted by molar-refractivity contribution is 5.97. The fourth-order valence-corrected chi connectivity index (χ4v) is 2.95. The number of primary amides is 1. The van der Waals surface area contributed by atoms with E-state index in [4.69, 9.17) is 5.73 Å². The quantitative estimate of drug-likeness (QED) is 0.146. The molecule has 0 aromatic carbocycles. The molecule has 0 heterocycles. The highest BCUT2D eigenvalue weighted by Crippen LogP contribution is 2.24. The molecule has 0 rings (SSSR count). The van der Waals surface area contributed by atoms with Gasteiger partial charge in [-0.15, -0.1) is 0 Å². The number of hydrogen-bond donors (Lipinski definition) is 6. The van der Waals surface area contributed by atoms with Gasteiger partial charge in [0, 0.05) is 25.7 Å². The lowest BCUT2D eigenvalue weighted by Gasteiger charge is -2.52. The van der Waals surface area contributed by atoms with Crippen molar-refractivity contribution in [1.82, 2.24) is 26.6 Å². The van der Waals surface area contributed by atoms with Crippen molar-refractivity contribution in [3.8, 4) is 0 Å². The molecule has 0 aliphatic heterocycles. The van der Waals surface area contributed by atoms with Crippen molar-refractivity contribution in [2.75, 3.05) is 0 Å². The van der Waals surface area contributed by atoms with Crippen LogP contribution in [0.2, 0.25) is 0 Å². The first-order valence-electron chi connectivity index (χ1n) is 10.1. The zero-order chi connectivity index (χ0) is 24.4. The van der Waals surface area contributed by atoms with Gasteiger partial charge in [-0.05, 0) is 13.3 Å². The largest absolute Gasteiger partial charge is 0.366 e. The van der Waals surface area contributed by atoms with Crippen LogP contribution in [-0.2, 0) is 28.8 Å². The van der Waals surface area contributed by atoms with E-state index in [1.165, 1.54) is 27.7 Å². The second-order valence-corrected chi connectivity index (χ2v) is 7.45. The summed E-state index contributed by atoms with van der Waals surface area (Å²) in [5, 5.41) is 12.1. The first kappa shape index (κ1) is 27.8. The maximum atomic E-state index is 12.9. The summed E-state index contributed by atoms with van der Waals surface area (Å²) >= 11 is 0. The number of carbonyl (C=O) groups excluding carboxylic acids is 6. The molecule has 12 nitrogen and oxygen atoms in total. The van der Waals surface area contributed by atoms with Crippen LogP contribution in [0.15, 0.2) is 0 Å². The Balaban J connectivity index is 7.21. The third-order valence-corrected chi connectivity index (χ3v) is 4.60. The summed E-state index contributed by atoms with van der Waals surface area (Å²) in [6.07, 6.45) is 0.559. The second-order valence-electron chi connectivity index (χ2n) is 7.45. The van der Waals surface area contributed by atoms with Crippen LogP contribution in [0.5, 0.6) is 0 Å². The van der Waals surface area contributed by atoms with Gasteiger partial charge in [-0.25, -0.2) is 0 Å². The van der Waals surface area contributed by atoms with Crippen molar-refractivity contribution in [2.45, 2.75) is 78.2 Å². The Hall–Kier alpha value is -3.18. The van der Waals surface area contributed by atoms with Crippen LogP contribution in [0, 0.1) is 5.92 Å². The van der Waals surface area contributed by atoms with E-state index < -0.39 is 52.8 Å². The Bertz CT molecular complexity index is 712. The molecular weight excluding hydrogens is 408 g/mol. The Kier molecular flexibility index (Phi) is 10.6. The van der Waals surface area contributed by atoms with Gasteiger partial charge in [0.15, 0.2) is 5.66 Å². The maximum absolute atomic E-state index is 12.9. The van der Waals surface area contributed by atoms with E-state index >= 15 is 0 Å². The van der Waals surface area contributed by atoms with Crippen LogP contribution >= 0.6 is 0 Å². The Morgan fingerprint density at radius 3 is 1.90 bits per heavy atom. The monoisotopic (exact) mass is 442 g/mol. The molecule has 3 atom stereocenters. The van der Waals surface area contributed by atoms with Crippen LogP contribution in [-0.4, -0.2) is 53.3 Å². The van der Waals surface area contributed by atoms with Crippen LogP contribution in [0.25, 0.3) is 0 Å². The van der Waals surface area contributed by atoms with Gasteiger partial charge in [-0.2, -0.15) is 0 Å². The summed E-state index contributed by atoms with van der Waals surface area (Å²) in [5.74, 6) is -4.69. The molecule has 0 saturated heterocycles. The van der Waals surface area contributed by atoms with Crippen LogP contribution in [0.3, 0.4) is 0 Å². The van der Waals surface area contributed by atoms with Crippen molar-refractivity contribution >= 4 is 35.9 Å². The summed E-state index contributed by atoms with van der Waals surface area (Å²) in [5.41, 5.74) is 0.926. The van der Waals surface area contributed by atoms with Crippen molar-refractivity contribution < 1.29 is 28.8 Å². The molecule has 31 heavy (non-hydrogen) atoms. The molecule has 7 N–H and O–H groups in total. The fraction of sp³-hybridized carbons (Fsp3) is 0.684. The summed E-state index contributed by atoms with van der Waals surface area (Å²) in [6, 6.07) is -1.22. The standard InChI is InChI=1S/C19H34N6O6/c1-7-9-15(29)24-19(17(20)31,25-16(30)11(3)4)18(22-13(6)27,12(5)21-10-26)23-14(28)8-2/h10-12H,7-9H2,1-6H3,(H2,20,31)(H,21,26)(H,22,27)(H,23,28)(H,24,29)(H,25,30). The number of amides is 6. The molecule has 0 aromatic rings. The molecule has 12 heteroatoms. The van der Waals surface area contributed by atoms with Gasteiger partial charge in [-0.1, -0.05) is 27.7 Å². The predicted octanol–water partition coefficient (Wildman–Crippen LogP) is -1.65. The molecule has 0 aliphatic rings. The van der Waals surface area contributed by atoms with Crippen LogP contribution < -0.4 is 32.3 Å². The molecule has 0 aliphatic carbocycles. The average Bonchev–Trinajstić information content (AvgIpc) is 2.66. The minimum atomic E-state index is -2.52. The fourth-order valence-electron chi connectivity index (χ4n) is 2.95. The van der Waals surface area contributed by atoms with Crippen molar-refractivity contribution in [3.05, 3.63) is 0 Å². The summed E-state index contributed by atoms with van der Waals surface area (Å²) in [4.78, 5) is 74.1. The number of rotatable bonds is 13. The van der Waals surface area contributed by atoms with Crippen LogP contribution in [0.4, 0.5) is 0 Å². The molecule has 0 aromatic heterocycles. The molecule has 0 saturated carbocycles. The predicted molar refractivity (Wildman–Crippen MR) is 112 cm³/mol. The SMILES string of the molecule is CCCC(=O)NC(NC(=O)C(C)C)(C(N)=O)C(NC(C)=O)(NC(=O)CC)C(C)NC=O. The molecule has 3 unspecified atom stereocenters. The molecule has 6 amide bonds. The summed E-state index contributed by atoms with van der Waals surface area (Å²) in [6.45, 7) is 8.77. The second kappa shape index (κ2) is 11.9. The zero-order valence-electron chi connectivity index (χ0n) is 18.9. The minimum Gasteiger partial charge on any atom is -0.366 e. The minimum absolute atomic E-state index is 0.0417. The third-order valence-electron chi connectivity index (χ3n) is 4.60. The van der Waals surface area contributed by atoms with Crippen molar-refractivity contribution in [3.63, 3.8) is 0 Å². The first-order chi connectivity index (χ1) is 14.3. The average molecular weight is 443 g/mol. The lowest BCUT2D eigenvalue weighted by molar-refractivity contribution is -0.150. The molecule has 0 spiro atoms. The van der Waals surface area contributed by atoms with Gasteiger partial charge in [0.2, 0.25) is 35.7 Å². The summed E-state index contributed by atoms with van der Waals surface area (Å²) in [7, 11) is 0. The van der Waals surface area contributed by atoms with Crippen molar-refractivity contribution in [2.24, 2.45) is 11.7 Å². The zero-order valence-corrected chi connectivity index (χ0v) is 18.9. The van der Waals surface area contributed by atoms with Crippen molar-refractivity contribution in [1.29, 1.82) is 0 Å². The molecule has 0 radical (unpaired) electrons. The first-order valence-corrected chi connectivity index (χ1v) is 10.1. The highest BCUT2D eigenvalue weighted by atomic mass is 16.2. The maximum Gasteiger partial charge on any atom is 0.268 e. The van der Waals surface area contributed by atoms with E-state index in [9.17, 15) is 28.8 Å². The number of nitrogens with one attached hydrogen (secondary N) is 5. The van der Waals surface area contributed by atoms with Crippen LogP contribution in [0.1, 0.15) is 60.8 Å². The third kappa shape index (κ3) is 6.66. The van der Waals surface area contributed by atoms with Gasteiger partial charge in [0.05, 0.1) is 6.04 Å². The lowest BCUT2D eigenvalue weighted by Crippen LogP contribution is -2.91. The smallest absolute Gasteiger partial charge is 0.268 e. The van der Waals surface area contributed by atoms with E-state index in [1.54, 1.807) is 6.92 Å². The molecule has 176 valence electrons. The van der Waals surface area contributed by atoms with Gasteiger partial charge in [0.1, 0.15) is 0 Å². The van der Waals surface area contributed by atoms with Gasteiger partial charge < -0.3 is 32.3 Å². The molecule has 0 bridgehead atoms. The van der Waals surface area contributed by atoms with Gasteiger partial charge in [-0.3, -0.25) is 28.8 Å². The van der Waals surface area contributed by atoms with Gasteiger partial charge in [0.25, 0.3) is 5.91 Å². The molecule has 0 fully saturated rings. The highest BCUT2D eigenvalue weighted by Gasteiger charge is 2.62. The Labute approximate surface area is 181 Å². The number of hydrogen-bond acceptors (Lipinski definition) is 6. The Morgan fingerprint density at radius 2 is 1.52 bits per heavy atom. The van der Waals surface area contributed by atoms with E-state index in [-0.39, 0.29) is 19.3 Å². The number of carbonyl (C=O) groups is 6. The lowest BCUT2D eigenvalue weighted by atomic mass is 9.83. The summed E-state index contributed by atoms with van der Waals surface area (Å²) < 4.78 is 0.